The molecule has 2 fully saturated rings. The van der Waals surface area contributed by atoms with Crippen LogP contribution in [0, 0.1) is 0 Å². The minimum Gasteiger partial charge on any atom is -0.353 e. The third kappa shape index (κ3) is 9.22. The van der Waals surface area contributed by atoms with Crippen molar-refractivity contribution in [2.24, 2.45) is 0 Å². The van der Waals surface area contributed by atoms with Gasteiger partial charge in [-0.05, 0) is 56.7 Å². The first kappa shape index (κ1) is 29.8. The highest BCUT2D eigenvalue weighted by molar-refractivity contribution is 7.80. The number of hydrogen-bond donors (Lipinski definition) is 4. The van der Waals surface area contributed by atoms with Crippen molar-refractivity contribution in [3.8, 4) is 0 Å². The molecule has 2 aliphatic heterocycles. The molecule has 2 amide bonds. The van der Waals surface area contributed by atoms with Crippen LogP contribution in [-0.2, 0) is 15.8 Å². The number of alkyl halides is 3. The molecule has 0 unspecified atom stereocenters. The average molecular weight is 575 g/mol. The van der Waals surface area contributed by atoms with Gasteiger partial charge in [0.2, 0.25) is 11.8 Å². The minimum absolute atomic E-state index is 0.0104. The number of hydrogen-bond acceptors (Lipinski definition) is 6. The molecule has 1 aromatic rings. The highest BCUT2D eigenvalue weighted by Crippen LogP contribution is 2.33. The summed E-state index contributed by atoms with van der Waals surface area (Å²) in [5, 5.41) is 10.9. The Labute approximate surface area is 230 Å². The molecule has 0 spiro atoms. The summed E-state index contributed by atoms with van der Waals surface area (Å²) in [5.74, 6) is -0.285. The molecule has 1 aromatic carbocycles. The lowest BCUT2D eigenvalue weighted by molar-refractivity contribution is -0.137. The molecule has 0 radical (unpaired) electrons. The van der Waals surface area contributed by atoms with Gasteiger partial charge in [-0.2, -0.15) is 13.2 Å². The molecule has 2 aliphatic rings. The van der Waals surface area contributed by atoms with Crippen LogP contribution in [0.5, 0.6) is 0 Å². The zero-order valence-electron chi connectivity index (χ0n) is 21.4. The molecule has 0 aromatic heterocycles. The molecule has 38 heavy (non-hydrogen) atoms. The molecule has 10 nitrogen and oxygen atoms in total. The van der Waals surface area contributed by atoms with Crippen LogP contribution >= 0.6 is 24.4 Å². The van der Waals surface area contributed by atoms with Gasteiger partial charge in [0.25, 0.3) is 0 Å². The number of piperazine rings is 2. The van der Waals surface area contributed by atoms with Gasteiger partial charge < -0.3 is 40.9 Å². The van der Waals surface area contributed by atoms with Gasteiger partial charge in [-0.1, -0.05) is 0 Å². The molecule has 3 rings (SSSR count). The van der Waals surface area contributed by atoms with Crippen LogP contribution in [0.25, 0.3) is 0 Å². The number of thiocarbonyl (C=S) groups is 2. The van der Waals surface area contributed by atoms with Gasteiger partial charge in [-0.25, -0.2) is 0 Å². The fourth-order valence-corrected chi connectivity index (χ4v) is 4.31. The van der Waals surface area contributed by atoms with Crippen LogP contribution in [0.4, 0.5) is 24.5 Å². The predicted molar refractivity (Wildman–Crippen MR) is 148 cm³/mol. The van der Waals surface area contributed by atoms with E-state index in [4.69, 9.17) is 24.4 Å². The van der Waals surface area contributed by atoms with Gasteiger partial charge in [0.1, 0.15) is 0 Å². The van der Waals surface area contributed by atoms with Crippen LogP contribution in [0.2, 0.25) is 0 Å². The monoisotopic (exact) mass is 574 g/mol. The summed E-state index contributed by atoms with van der Waals surface area (Å²) in [6.07, 6.45) is -4.62. The number of nitrogens with one attached hydrogen (secondary N) is 4. The number of rotatable bonds is 6. The maximum absolute atomic E-state index is 13.5. The van der Waals surface area contributed by atoms with Gasteiger partial charge in [0.15, 0.2) is 10.2 Å². The minimum atomic E-state index is -4.62. The zero-order valence-corrected chi connectivity index (χ0v) is 23.0. The Morgan fingerprint density at radius 1 is 0.737 bits per heavy atom. The van der Waals surface area contributed by atoms with Gasteiger partial charge in [-0.15, -0.1) is 0 Å². The van der Waals surface area contributed by atoms with Gasteiger partial charge in [0, 0.05) is 63.7 Å². The number of amides is 2. The van der Waals surface area contributed by atoms with E-state index in [1.165, 1.54) is 6.07 Å². The van der Waals surface area contributed by atoms with Crippen molar-refractivity contribution in [1.29, 1.82) is 0 Å². The van der Waals surface area contributed by atoms with Crippen molar-refractivity contribution in [3.63, 3.8) is 0 Å². The second-order valence-electron chi connectivity index (χ2n) is 9.28. The highest BCUT2D eigenvalue weighted by Gasteiger charge is 2.31. The van der Waals surface area contributed by atoms with Crippen LogP contribution < -0.4 is 21.3 Å². The summed E-state index contributed by atoms with van der Waals surface area (Å²) in [6.45, 7) is 5.37. The lowest BCUT2D eigenvalue weighted by atomic mass is 10.1. The molecular formula is C23H33F3N8O2S2. The Morgan fingerprint density at radius 2 is 1.11 bits per heavy atom. The second kappa shape index (κ2) is 13.4. The zero-order chi connectivity index (χ0) is 27.9. The first-order valence-corrected chi connectivity index (χ1v) is 13.0. The second-order valence-corrected chi connectivity index (χ2v) is 10.1. The van der Waals surface area contributed by atoms with E-state index in [2.05, 4.69) is 31.1 Å². The largest absolute Gasteiger partial charge is 0.416 e. The van der Waals surface area contributed by atoms with Crippen LogP contribution in [0.15, 0.2) is 18.2 Å². The van der Waals surface area contributed by atoms with Crippen molar-refractivity contribution in [3.05, 3.63) is 23.8 Å². The number of benzene rings is 1. The number of carbonyl (C=O) groups is 2. The van der Waals surface area contributed by atoms with Crippen molar-refractivity contribution in [1.82, 2.24) is 30.2 Å². The summed E-state index contributed by atoms with van der Waals surface area (Å²) in [4.78, 5) is 32.5. The predicted octanol–water partition coefficient (Wildman–Crippen LogP) is 0.826. The van der Waals surface area contributed by atoms with E-state index in [1.807, 2.05) is 14.1 Å². The lowest BCUT2D eigenvalue weighted by Crippen LogP contribution is -2.50. The number of halogens is 3. The molecule has 0 bridgehead atoms. The smallest absolute Gasteiger partial charge is 0.353 e. The van der Waals surface area contributed by atoms with E-state index in [-0.39, 0.29) is 46.5 Å². The number of nitrogens with zero attached hydrogens (tertiary/aromatic N) is 4. The van der Waals surface area contributed by atoms with Gasteiger partial charge in [0.05, 0.1) is 18.7 Å². The molecule has 210 valence electrons. The van der Waals surface area contributed by atoms with E-state index < -0.39 is 11.7 Å². The van der Waals surface area contributed by atoms with E-state index in [9.17, 15) is 22.8 Å². The van der Waals surface area contributed by atoms with Crippen LogP contribution in [0.3, 0.4) is 0 Å². The first-order chi connectivity index (χ1) is 17.9. The topological polar surface area (TPSA) is 95.2 Å². The van der Waals surface area contributed by atoms with Crippen LogP contribution in [0.1, 0.15) is 5.56 Å². The molecule has 15 heteroatoms. The van der Waals surface area contributed by atoms with Crippen molar-refractivity contribution >= 4 is 57.8 Å². The van der Waals surface area contributed by atoms with Crippen LogP contribution in [-0.4, -0.2) is 121 Å². The Balaban J connectivity index is 1.55. The summed E-state index contributed by atoms with van der Waals surface area (Å²) in [7, 11) is 3.96. The fraction of sp³-hybridized carbons (Fsp3) is 0.565. The molecule has 2 heterocycles. The number of likely N-dealkylation sites (N-methyl/N-ethyl adjacent to an activating group) is 2. The lowest BCUT2D eigenvalue weighted by Gasteiger charge is -2.32. The van der Waals surface area contributed by atoms with Gasteiger partial charge >= 0.3 is 6.18 Å². The summed E-state index contributed by atoms with van der Waals surface area (Å²) in [5.41, 5.74) is -0.802. The van der Waals surface area contributed by atoms with E-state index >= 15 is 0 Å². The third-order valence-electron chi connectivity index (χ3n) is 6.29. The quantitative estimate of drug-likeness (QED) is 0.366. The highest BCUT2D eigenvalue weighted by atomic mass is 32.1. The number of carbonyl (C=O) groups excluding carboxylic acids is 2. The molecular weight excluding hydrogens is 541 g/mol. The molecule has 4 N–H and O–H groups in total. The molecule has 2 saturated heterocycles. The van der Waals surface area contributed by atoms with Crippen molar-refractivity contribution in [2.45, 2.75) is 6.18 Å². The Bertz CT molecular complexity index is 956. The summed E-state index contributed by atoms with van der Waals surface area (Å²) >= 11 is 10.4. The molecule has 0 aliphatic carbocycles. The number of anilines is 2. The van der Waals surface area contributed by atoms with E-state index in [1.54, 1.807) is 9.80 Å². The molecule has 0 saturated carbocycles. The SMILES string of the molecule is CN1CCN(C(=O)CNC(=S)Nc2cc(NC(=S)NCC(=O)N3CCN(C)CC3)cc(C(F)(F)F)c2)CC1. The maximum atomic E-state index is 13.5. The third-order valence-corrected chi connectivity index (χ3v) is 6.78. The Hall–Kier alpha value is -2.75. The first-order valence-electron chi connectivity index (χ1n) is 12.2. The van der Waals surface area contributed by atoms with Crippen molar-refractivity contribution in [2.75, 3.05) is 90.2 Å². The molecule has 0 atom stereocenters. The van der Waals surface area contributed by atoms with E-state index in [0.29, 0.717) is 26.2 Å². The maximum Gasteiger partial charge on any atom is 0.416 e. The normalized spacial score (nSPS) is 17.1. The average Bonchev–Trinajstić information content (AvgIpc) is 2.86. The van der Waals surface area contributed by atoms with E-state index in [0.717, 1.165) is 38.3 Å². The van der Waals surface area contributed by atoms with Gasteiger partial charge in [-0.3, -0.25) is 9.59 Å². The Kier molecular flexibility index (Phi) is 10.5. The Morgan fingerprint density at radius 3 is 1.45 bits per heavy atom. The summed E-state index contributed by atoms with van der Waals surface area (Å²) < 4.78 is 40.6. The summed E-state index contributed by atoms with van der Waals surface area (Å²) in [6, 6.07) is 3.23. The standard InChI is InChI=1S/C23H33F3N8O2S2/c1-31-3-7-33(8-4-31)19(35)14-27-21(37)29-17-11-16(23(24,25)26)12-18(13-17)30-22(38)28-15-20(36)34-9-5-32(2)6-10-34/h11-13H,3-10,14-15H2,1-2H3,(H2,27,29,37)(H2,28,30,38). The van der Waals surface area contributed by atoms with Crippen molar-refractivity contribution < 1.29 is 22.8 Å². The fourth-order valence-electron chi connectivity index (χ4n) is 3.93.